The second kappa shape index (κ2) is 10.5. The third-order valence-corrected chi connectivity index (χ3v) is 7.27. The molecule has 0 radical (unpaired) electrons. The summed E-state index contributed by atoms with van der Waals surface area (Å²) in [6.45, 7) is 10.3. The average molecular weight is 475 g/mol. The van der Waals surface area contributed by atoms with Gasteiger partial charge >= 0.3 is 0 Å². The van der Waals surface area contributed by atoms with E-state index in [1.807, 2.05) is 36.9 Å². The molecule has 2 fully saturated rings. The fourth-order valence-corrected chi connectivity index (χ4v) is 5.02. The molecule has 0 bridgehead atoms. The third kappa shape index (κ3) is 6.28. The number of nitrogens with zero attached hydrogens (tertiary/aromatic N) is 4. The Morgan fingerprint density at radius 3 is 2.70 bits per heavy atom. The monoisotopic (exact) mass is 474 g/mol. The molecule has 7 nitrogen and oxygen atoms in total. The summed E-state index contributed by atoms with van der Waals surface area (Å²) in [6.07, 6.45) is 4.22. The first-order chi connectivity index (χ1) is 15.8. The van der Waals surface area contributed by atoms with Gasteiger partial charge in [0.2, 0.25) is 5.91 Å². The Bertz CT molecular complexity index is 957. The minimum atomic E-state index is -0.245. The number of halogens is 1. The van der Waals surface area contributed by atoms with Gasteiger partial charge in [-0.25, -0.2) is 4.98 Å². The van der Waals surface area contributed by atoms with Crippen LogP contribution in [0.2, 0.25) is 5.02 Å². The molecule has 33 heavy (non-hydrogen) atoms. The fraction of sp³-hybridized carbons (Fsp3) is 0.600. The van der Waals surface area contributed by atoms with E-state index in [-0.39, 0.29) is 11.3 Å². The van der Waals surface area contributed by atoms with E-state index in [0.29, 0.717) is 18.9 Å². The van der Waals surface area contributed by atoms with Gasteiger partial charge in [0.1, 0.15) is 12.0 Å². The Morgan fingerprint density at radius 2 is 2.00 bits per heavy atom. The first-order valence-corrected chi connectivity index (χ1v) is 12.2. The van der Waals surface area contributed by atoms with Crippen LogP contribution in [-0.2, 0) is 11.3 Å². The highest BCUT2D eigenvalue weighted by Gasteiger charge is 2.40. The summed E-state index contributed by atoms with van der Waals surface area (Å²) in [5, 5.41) is 0.731. The van der Waals surface area contributed by atoms with E-state index in [0.717, 1.165) is 80.7 Å². The number of aryl methyl sites for hydroxylation is 2. The van der Waals surface area contributed by atoms with Crippen LogP contribution >= 0.6 is 11.6 Å². The van der Waals surface area contributed by atoms with Crippen molar-refractivity contribution in [3.63, 3.8) is 0 Å². The Labute approximate surface area is 201 Å². The van der Waals surface area contributed by atoms with Gasteiger partial charge in [0, 0.05) is 63.1 Å². The number of carbonyl (C=O) groups excluding carboxylic acids is 1. The molecule has 1 aromatic carbocycles. The number of oxazole rings is 1. The minimum absolute atomic E-state index is 0.234. The fourth-order valence-electron chi connectivity index (χ4n) is 4.90. The first kappa shape index (κ1) is 24.0. The maximum Gasteiger partial charge on any atom is 0.223 e. The summed E-state index contributed by atoms with van der Waals surface area (Å²) < 4.78 is 11.7. The van der Waals surface area contributed by atoms with Crippen LogP contribution in [0.5, 0.6) is 5.75 Å². The number of likely N-dealkylation sites (tertiary alicyclic amines) is 1. The van der Waals surface area contributed by atoms with Crippen LogP contribution in [0.4, 0.5) is 0 Å². The molecule has 4 rings (SSSR count). The predicted octanol–water partition coefficient (Wildman–Crippen LogP) is 3.77. The number of rotatable bonds is 7. The molecule has 2 aromatic rings. The van der Waals surface area contributed by atoms with Crippen LogP contribution in [0.1, 0.15) is 36.4 Å². The summed E-state index contributed by atoms with van der Waals surface area (Å²) in [5.41, 5.74) is 1.68. The molecule has 0 spiro atoms. The highest BCUT2D eigenvalue weighted by molar-refractivity contribution is 6.31. The topological polar surface area (TPSA) is 62.1 Å². The molecular formula is C25H35ClN4O3. The van der Waals surface area contributed by atoms with Gasteiger partial charge in [0.25, 0.3) is 0 Å². The summed E-state index contributed by atoms with van der Waals surface area (Å²) in [5.74, 6) is 1.71. The molecular weight excluding hydrogens is 440 g/mol. The lowest BCUT2D eigenvalue weighted by molar-refractivity contribution is -0.137. The average Bonchev–Trinajstić information content (AvgIpc) is 3.19. The molecule has 8 heteroatoms. The number of likely N-dealkylation sites (N-methyl/N-ethyl adjacent to an activating group) is 1. The van der Waals surface area contributed by atoms with Crippen LogP contribution in [-0.4, -0.2) is 78.5 Å². The van der Waals surface area contributed by atoms with Gasteiger partial charge in [-0.1, -0.05) is 11.6 Å². The molecule has 1 amide bonds. The molecule has 0 saturated carbocycles. The predicted molar refractivity (Wildman–Crippen MR) is 129 cm³/mol. The van der Waals surface area contributed by atoms with Gasteiger partial charge in [0.15, 0.2) is 5.89 Å². The summed E-state index contributed by atoms with van der Waals surface area (Å²) in [4.78, 5) is 24.5. The third-order valence-electron chi connectivity index (χ3n) is 6.85. The van der Waals surface area contributed by atoms with Crippen molar-refractivity contribution in [3.05, 3.63) is 46.6 Å². The number of carbonyl (C=O) groups is 1. The SMILES string of the molecule is Cc1nc(CN2CCC[C@@](COc3ccc(Cl)c(C)c3)(CC(=O)N3CCN(C)CC3)C2)co1. The van der Waals surface area contributed by atoms with Crippen LogP contribution in [0.15, 0.2) is 28.9 Å². The number of hydrogen-bond acceptors (Lipinski definition) is 6. The van der Waals surface area contributed by atoms with Gasteiger partial charge in [-0.3, -0.25) is 9.69 Å². The molecule has 2 saturated heterocycles. The van der Waals surface area contributed by atoms with Crippen molar-refractivity contribution in [1.29, 1.82) is 0 Å². The number of aromatic nitrogens is 1. The Balaban J connectivity index is 1.48. The van der Waals surface area contributed by atoms with Crippen LogP contribution in [0, 0.1) is 19.3 Å². The molecule has 2 aliphatic rings. The molecule has 0 aliphatic carbocycles. The van der Waals surface area contributed by atoms with E-state index in [9.17, 15) is 4.79 Å². The number of piperazine rings is 1. The van der Waals surface area contributed by atoms with E-state index < -0.39 is 0 Å². The maximum atomic E-state index is 13.3. The maximum absolute atomic E-state index is 13.3. The molecule has 0 N–H and O–H groups in total. The number of piperidine rings is 1. The van der Waals surface area contributed by atoms with Crippen molar-refractivity contribution in [2.24, 2.45) is 5.41 Å². The van der Waals surface area contributed by atoms with Crippen molar-refractivity contribution in [2.45, 2.75) is 39.7 Å². The summed E-state index contributed by atoms with van der Waals surface area (Å²) in [7, 11) is 2.11. The van der Waals surface area contributed by atoms with Crippen molar-refractivity contribution in [3.8, 4) is 5.75 Å². The molecule has 180 valence electrons. The molecule has 1 atom stereocenters. The van der Waals surface area contributed by atoms with E-state index in [4.69, 9.17) is 20.8 Å². The van der Waals surface area contributed by atoms with Crippen molar-refractivity contribution < 1.29 is 13.9 Å². The highest BCUT2D eigenvalue weighted by Crippen LogP contribution is 2.36. The molecule has 1 aromatic heterocycles. The largest absolute Gasteiger partial charge is 0.493 e. The van der Waals surface area contributed by atoms with E-state index in [1.165, 1.54) is 0 Å². The smallest absolute Gasteiger partial charge is 0.223 e. The normalized spacial score (nSPS) is 22.5. The standard InChI is InChI=1S/C25H35ClN4O3/c1-19-13-22(5-6-23(19)26)33-18-25(14-24(31)30-11-9-28(3)10-12-30)7-4-8-29(17-25)15-21-16-32-20(2)27-21/h5-6,13,16H,4,7-12,14-15,17-18H2,1-3H3/t25-/m1/s1. The van der Waals surface area contributed by atoms with Gasteiger partial charge in [0.05, 0.1) is 12.3 Å². The molecule has 2 aliphatic heterocycles. The number of benzene rings is 1. The zero-order chi connectivity index (χ0) is 23.4. The summed E-state index contributed by atoms with van der Waals surface area (Å²) in [6, 6.07) is 5.75. The zero-order valence-corrected chi connectivity index (χ0v) is 20.7. The minimum Gasteiger partial charge on any atom is -0.493 e. The Kier molecular flexibility index (Phi) is 7.62. The van der Waals surface area contributed by atoms with Crippen LogP contribution in [0.25, 0.3) is 0 Å². The molecule has 0 unspecified atom stereocenters. The lowest BCUT2D eigenvalue weighted by Gasteiger charge is -2.43. The second-order valence-corrected chi connectivity index (χ2v) is 10.1. The second-order valence-electron chi connectivity index (χ2n) is 9.73. The van der Waals surface area contributed by atoms with E-state index >= 15 is 0 Å². The first-order valence-electron chi connectivity index (χ1n) is 11.8. The highest BCUT2D eigenvalue weighted by atomic mass is 35.5. The van der Waals surface area contributed by atoms with Gasteiger partial charge in [-0.2, -0.15) is 0 Å². The Hall–Kier alpha value is -2.09. The molecule has 3 heterocycles. The van der Waals surface area contributed by atoms with Crippen molar-refractivity contribution >= 4 is 17.5 Å². The number of ether oxygens (including phenoxy) is 1. The quantitative estimate of drug-likeness (QED) is 0.608. The van der Waals surface area contributed by atoms with E-state index in [1.54, 1.807) is 6.26 Å². The Morgan fingerprint density at radius 1 is 1.21 bits per heavy atom. The van der Waals surface area contributed by atoms with Gasteiger partial charge < -0.3 is 19.0 Å². The van der Waals surface area contributed by atoms with Crippen LogP contribution < -0.4 is 4.74 Å². The van der Waals surface area contributed by atoms with Crippen molar-refractivity contribution in [1.82, 2.24) is 19.7 Å². The zero-order valence-electron chi connectivity index (χ0n) is 20.0. The lowest BCUT2D eigenvalue weighted by atomic mass is 9.77. The number of hydrogen-bond donors (Lipinski definition) is 0. The van der Waals surface area contributed by atoms with Crippen LogP contribution in [0.3, 0.4) is 0 Å². The lowest BCUT2D eigenvalue weighted by Crippen LogP contribution is -2.52. The van der Waals surface area contributed by atoms with Gasteiger partial charge in [-0.05, 0) is 57.1 Å². The van der Waals surface area contributed by atoms with Crippen molar-refractivity contribution in [2.75, 3.05) is 52.9 Å². The summed E-state index contributed by atoms with van der Waals surface area (Å²) >= 11 is 6.19. The van der Waals surface area contributed by atoms with Gasteiger partial charge in [-0.15, -0.1) is 0 Å². The number of amides is 1. The van der Waals surface area contributed by atoms with E-state index in [2.05, 4.69) is 21.8 Å².